The lowest BCUT2D eigenvalue weighted by molar-refractivity contribution is 0.0526. The molecule has 0 aliphatic rings. The zero-order chi connectivity index (χ0) is 10.4. The van der Waals surface area contributed by atoms with Crippen LogP contribution in [-0.4, -0.2) is 12.6 Å². The summed E-state index contributed by atoms with van der Waals surface area (Å²) < 4.78 is 4.87. The van der Waals surface area contributed by atoms with E-state index in [2.05, 4.69) is 5.43 Å². The molecule has 1 rings (SSSR count). The Kier molecular flexibility index (Phi) is 4.10. The molecule has 0 saturated carbocycles. The third-order valence-electron chi connectivity index (χ3n) is 1.74. The fourth-order valence-electron chi connectivity index (χ4n) is 1.14. The summed E-state index contributed by atoms with van der Waals surface area (Å²) in [5, 5.41) is 0. The summed E-state index contributed by atoms with van der Waals surface area (Å²) in [7, 11) is 0. The first-order chi connectivity index (χ1) is 6.77. The largest absolute Gasteiger partial charge is 0.462 e. The average molecular weight is 194 g/mol. The quantitative estimate of drug-likeness (QED) is 0.423. The number of nitrogens with two attached hydrogens (primary N) is 1. The molecule has 4 nitrogen and oxygen atoms in total. The van der Waals surface area contributed by atoms with E-state index in [4.69, 9.17) is 10.6 Å². The highest BCUT2D eigenvalue weighted by Gasteiger charge is 2.05. The lowest BCUT2D eigenvalue weighted by Gasteiger charge is -2.04. The Bertz CT molecular complexity index is 313. The standard InChI is InChI=1S/C10H14N2O2/c1-2-14-10(13)9-5-3-4-8(6-9)7-12-11/h3-6,12H,2,7,11H2,1H3. The second kappa shape index (κ2) is 5.36. The molecule has 4 heteroatoms. The van der Waals surface area contributed by atoms with Crippen LogP contribution in [0.5, 0.6) is 0 Å². The Morgan fingerprint density at radius 3 is 3.00 bits per heavy atom. The second-order valence-electron chi connectivity index (χ2n) is 2.80. The number of hydrogen-bond donors (Lipinski definition) is 2. The van der Waals surface area contributed by atoms with Gasteiger partial charge in [-0.15, -0.1) is 0 Å². The topological polar surface area (TPSA) is 64.3 Å². The number of carbonyl (C=O) groups excluding carboxylic acids is 1. The Morgan fingerprint density at radius 1 is 1.57 bits per heavy atom. The van der Waals surface area contributed by atoms with Gasteiger partial charge in [-0.2, -0.15) is 0 Å². The molecule has 0 unspecified atom stereocenters. The van der Waals surface area contributed by atoms with Crippen molar-refractivity contribution in [2.45, 2.75) is 13.5 Å². The fraction of sp³-hybridized carbons (Fsp3) is 0.300. The lowest BCUT2D eigenvalue weighted by atomic mass is 10.1. The molecule has 0 saturated heterocycles. The summed E-state index contributed by atoms with van der Waals surface area (Å²) in [6, 6.07) is 7.18. The molecule has 0 bridgehead atoms. The monoisotopic (exact) mass is 194 g/mol. The van der Waals surface area contributed by atoms with Crippen LogP contribution >= 0.6 is 0 Å². The maximum absolute atomic E-state index is 11.3. The molecule has 3 N–H and O–H groups in total. The van der Waals surface area contributed by atoms with Crippen molar-refractivity contribution in [2.75, 3.05) is 6.61 Å². The third kappa shape index (κ3) is 2.83. The van der Waals surface area contributed by atoms with Gasteiger partial charge in [-0.05, 0) is 24.6 Å². The summed E-state index contributed by atoms with van der Waals surface area (Å²) in [5.74, 6) is 4.88. The molecule has 0 aromatic heterocycles. The molecule has 76 valence electrons. The van der Waals surface area contributed by atoms with Crippen molar-refractivity contribution >= 4 is 5.97 Å². The van der Waals surface area contributed by atoms with E-state index >= 15 is 0 Å². The molecular weight excluding hydrogens is 180 g/mol. The number of esters is 1. The summed E-state index contributed by atoms with van der Waals surface area (Å²) in [6.45, 7) is 2.70. The van der Waals surface area contributed by atoms with Gasteiger partial charge >= 0.3 is 5.97 Å². The molecule has 14 heavy (non-hydrogen) atoms. The normalized spacial score (nSPS) is 9.86. The molecule has 0 spiro atoms. The summed E-state index contributed by atoms with van der Waals surface area (Å²) >= 11 is 0. The smallest absolute Gasteiger partial charge is 0.338 e. The molecule has 0 heterocycles. The van der Waals surface area contributed by atoms with Gasteiger partial charge in [0.1, 0.15) is 0 Å². The van der Waals surface area contributed by atoms with Crippen LogP contribution in [0, 0.1) is 0 Å². The predicted octanol–water partition coefficient (Wildman–Crippen LogP) is 0.827. The minimum absolute atomic E-state index is 0.300. The maximum atomic E-state index is 11.3. The van der Waals surface area contributed by atoms with E-state index in [1.165, 1.54) is 0 Å². The van der Waals surface area contributed by atoms with Crippen LogP contribution in [0.25, 0.3) is 0 Å². The predicted molar refractivity (Wildman–Crippen MR) is 53.4 cm³/mol. The molecule has 0 fully saturated rings. The van der Waals surface area contributed by atoms with E-state index in [0.717, 1.165) is 5.56 Å². The zero-order valence-corrected chi connectivity index (χ0v) is 8.12. The van der Waals surface area contributed by atoms with Crippen LogP contribution in [0.4, 0.5) is 0 Å². The molecule has 1 aromatic carbocycles. The highest BCUT2D eigenvalue weighted by Crippen LogP contribution is 2.06. The number of benzene rings is 1. The Morgan fingerprint density at radius 2 is 2.36 bits per heavy atom. The van der Waals surface area contributed by atoms with Crippen LogP contribution in [0.1, 0.15) is 22.8 Å². The first-order valence-corrected chi connectivity index (χ1v) is 4.47. The van der Waals surface area contributed by atoms with Crippen molar-refractivity contribution in [3.05, 3.63) is 35.4 Å². The molecule has 1 aromatic rings. The fourth-order valence-corrected chi connectivity index (χ4v) is 1.14. The first kappa shape index (κ1) is 10.7. The summed E-state index contributed by atoms with van der Waals surface area (Å²) in [4.78, 5) is 11.3. The minimum atomic E-state index is -0.300. The van der Waals surface area contributed by atoms with Crippen molar-refractivity contribution in [3.63, 3.8) is 0 Å². The Hall–Kier alpha value is -1.39. The molecule has 0 aliphatic carbocycles. The molecule has 0 amide bonds. The van der Waals surface area contributed by atoms with E-state index in [-0.39, 0.29) is 5.97 Å². The van der Waals surface area contributed by atoms with Gasteiger partial charge in [-0.3, -0.25) is 11.3 Å². The number of hydrazine groups is 1. The highest BCUT2D eigenvalue weighted by atomic mass is 16.5. The number of hydrogen-bond acceptors (Lipinski definition) is 4. The van der Waals surface area contributed by atoms with Gasteiger partial charge in [0.2, 0.25) is 0 Å². The van der Waals surface area contributed by atoms with Gasteiger partial charge in [0.15, 0.2) is 0 Å². The van der Waals surface area contributed by atoms with E-state index in [1.54, 1.807) is 25.1 Å². The van der Waals surface area contributed by atoms with E-state index in [9.17, 15) is 4.79 Å². The van der Waals surface area contributed by atoms with Crippen molar-refractivity contribution in [3.8, 4) is 0 Å². The van der Waals surface area contributed by atoms with Gasteiger partial charge in [-0.1, -0.05) is 12.1 Å². The molecular formula is C10H14N2O2. The minimum Gasteiger partial charge on any atom is -0.462 e. The first-order valence-electron chi connectivity index (χ1n) is 4.47. The van der Waals surface area contributed by atoms with E-state index < -0.39 is 0 Å². The lowest BCUT2D eigenvalue weighted by Crippen LogP contribution is -2.21. The number of nitrogens with one attached hydrogen (secondary N) is 1. The zero-order valence-electron chi connectivity index (χ0n) is 8.12. The second-order valence-corrected chi connectivity index (χ2v) is 2.80. The third-order valence-corrected chi connectivity index (χ3v) is 1.74. The molecule has 0 radical (unpaired) electrons. The van der Waals surface area contributed by atoms with E-state index in [1.807, 2.05) is 6.07 Å². The van der Waals surface area contributed by atoms with Gasteiger partial charge in [0, 0.05) is 6.54 Å². The van der Waals surface area contributed by atoms with Gasteiger partial charge in [0.25, 0.3) is 0 Å². The summed E-state index contributed by atoms with van der Waals surface area (Å²) in [6.07, 6.45) is 0. The highest BCUT2D eigenvalue weighted by molar-refractivity contribution is 5.89. The van der Waals surface area contributed by atoms with E-state index in [0.29, 0.717) is 18.7 Å². The molecule has 0 aliphatic heterocycles. The average Bonchev–Trinajstić information content (AvgIpc) is 2.19. The van der Waals surface area contributed by atoms with Crippen LogP contribution in [0.15, 0.2) is 24.3 Å². The van der Waals surface area contributed by atoms with Crippen LogP contribution in [0.2, 0.25) is 0 Å². The van der Waals surface area contributed by atoms with Gasteiger partial charge in [-0.25, -0.2) is 4.79 Å². The maximum Gasteiger partial charge on any atom is 0.338 e. The van der Waals surface area contributed by atoms with Gasteiger partial charge in [0.05, 0.1) is 12.2 Å². The Labute approximate surface area is 83.0 Å². The van der Waals surface area contributed by atoms with Crippen molar-refractivity contribution in [1.29, 1.82) is 0 Å². The Balaban J connectivity index is 2.77. The van der Waals surface area contributed by atoms with Crippen molar-refractivity contribution < 1.29 is 9.53 Å². The number of carbonyl (C=O) groups is 1. The SMILES string of the molecule is CCOC(=O)c1cccc(CNN)c1. The number of rotatable bonds is 4. The van der Waals surface area contributed by atoms with Crippen LogP contribution in [0.3, 0.4) is 0 Å². The van der Waals surface area contributed by atoms with Crippen molar-refractivity contribution in [2.24, 2.45) is 5.84 Å². The summed E-state index contributed by atoms with van der Waals surface area (Å²) in [5.41, 5.74) is 4.04. The number of ether oxygens (including phenoxy) is 1. The van der Waals surface area contributed by atoms with Crippen molar-refractivity contribution in [1.82, 2.24) is 5.43 Å². The molecule has 0 atom stereocenters. The van der Waals surface area contributed by atoms with Gasteiger partial charge < -0.3 is 4.74 Å². The van der Waals surface area contributed by atoms with Crippen LogP contribution in [-0.2, 0) is 11.3 Å². The van der Waals surface area contributed by atoms with Crippen LogP contribution < -0.4 is 11.3 Å².